The summed E-state index contributed by atoms with van der Waals surface area (Å²) in [5, 5.41) is 4.27. The van der Waals surface area contributed by atoms with Crippen molar-refractivity contribution < 1.29 is 0 Å². The number of hydrogen-bond donors (Lipinski definition) is 1. The Labute approximate surface area is 91.5 Å². The highest BCUT2D eigenvalue weighted by molar-refractivity contribution is 6.30. The maximum atomic E-state index is 5.97. The first-order valence-electron chi connectivity index (χ1n) is 5.11. The van der Waals surface area contributed by atoms with Crippen LogP contribution in [0.1, 0.15) is 31.4 Å². The number of benzene rings is 1. The summed E-state index contributed by atoms with van der Waals surface area (Å²) >= 11 is 5.97. The van der Waals surface area contributed by atoms with E-state index in [1.54, 1.807) is 0 Å². The molecule has 0 aliphatic carbocycles. The van der Waals surface area contributed by atoms with E-state index < -0.39 is 0 Å². The Morgan fingerprint density at radius 2 is 2.07 bits per heavy atom. The zero-order valence-electron chi connectivity index (χ0n) is 9.10. The van der Waals surface area contributed by atoms with Gasteiger partial charge in [-0.1, -0.05) is 24.6 Å². The smallest absolute Gasteiger partial charge is 0.0411 e. The third-order valence-electron chi connectivity index (χ3n) is 2.37. The predicted octanol–water partition coefficient (Wildman–Crippen LogP) is 3.54. The van der Waals surface area contributed by atoms with Crippen molar-refractivity contribution in [2.45, 2.75) is 39.8 Å². The normalized spacial score (nSPS) is 12.9. The molecule has 0 aromatic heterocycles. The van der Waals surface area contributed by atoms with Crippen LogP contribution in [-0.2, 0) is 6.54 Å². The predicted molar refractivity (Wildman–Crippen MR) is 62.8 cm³/mol. The Kier molecular flexibility index (Phi) is 4.43. The topological polar surface area (TPSA) is 12.0 Å². The maximum Gasteiger partial charge on any atom is 0.0411 e. The van der Waals surface area contributed by atoms with Crippen LogP contribution in [0.2, 0.25) is 5.02 Å². The molecule has 0 saturated carbocycles. The lowest BCUT2D eigenvalue weighted by Gasteiger charge is -2.11. The van der Waals surface area contributed by atoms with Crippen LogP contribution in [-0.4, -0.2) is 6.04 Å². The van der Waals surface area contributed by atoms with Crippen LogP contribution >= 0.6 is 11.6 Å². The van der Waals surface area contributed by atoms with Crippen molar-refractivity contribution in [3.8, 4) is 0 Å². The van der Waals surface area contributed by atoms with E-state index in [0.717, 1.165) is 18.0 Å². The van der Waals surface area contributed by atoms with E-state index in [1.807, 2.05) is 12.1 Å². The monoisotopic (exact) mass is 211 g/mol. The second-order valence-corrected chi connectivity index (χ2v) is 4.26. The molecule has 1 aromatic carbocycles. The molecule has 0 amide bonds. The van der Waals surface area contributed by atoms with E-state index >= 15 is 0 Å². The third kappa shape index (κ3) is 3.69. The molecule has 0 aliphatic heterocycles. The van der Waals surface area contributed by atoms with Crippen molar-refractivity contribution in [3.05, 3.63) is 34.3 Å². The Morgan fingerprint density at radius 3 is 2.64 bits per heavy atom. The molecule has 0 aliphatic rings. The molecule has 1 unspecified atom stereocenters. The molecule has 0 bridgehead atoms. The van der Waals surface area contributed by atoms with Gasteiger partial charge in [0.05, 0.1) is 0 Å². The van der Waals surface area contributed by atoms with Gasteiger partial charge in [-0.25, -0.2) is 0 Å². The van der Waals surface area contributed by atoms with Gasteiger partial charge in [-0.15, -0.1) is 0 Å². The minimum atomic E-state index is 0.564. The van der Waals surface area contributed by atoms with E-state index in [-0.39, 0.29) is 0 Å². The maximum absolute atomic E-state index is 5.97. The summed E-state index contributed by atoms with van der Waals surface area (Å²) < 4.78 is 0. The lowest BCUT2D eigenvalue weighted by atomic mass is 10.1. The fraction of sp³-hybridized carbons (Fsp3) is 0.500. The van der Waals surface area contributed by atoms with E-state index in [9.17, 15) is 0 Å². The molecule has 0 heterocycles. The number of hydrogen-bond acceptors (Lipinski definition) is 1. The van der Waals surface area contributed by atoms with Crippen LogP contribution in [0.5, 0.6) is 0 Å². The summed E-state index contributed by atoms with van der Waals surface area (Å²) in [6, 6.07) is 6.73. The third-order valence-corrected chi connectivity index (χ3v) is 2.59. The Bertz CT molecular complexity index is 276. The molecule has 0 radical (unpaired) electrons. The molecule has 14 heavy (non-hydrogen) atoms. The van der Waals surface area contributed by atoms with Crippen LogP contribution in [0.3, 0.4) is 0 Å². The molecule has 1 aromatic rings. The van der Waals surface area contributed by atoms with Gasteiger partial charge in [0.1, 0.15) is 0 Å². The lowest BCUT2D eigenvalue weighted by molar-refractivity contribution is 0.534. The van der Waals surface area contributed by atoms with Gasteiger partial charge in [-0.3, -0.25) is 0 Å². The lowest BCUT2D eigenvalue weighted by Crippen LogP contribution is -2.24. The molecule has 1 nitrogen and oxygen atoms in total. The Balaban J connectivity index is 2.58. The van der Waals surface area contributed by atoms with Crippen molar-refractivity contribution in [1.29, 1.82) is 0 Å². The number of halogens is 1. The second-order valence-electron chi connectivity index (χ2n) is 3.83. The van der Waals surface area contributed by atoms with Gasteiger partial charge >= 0.3 is 0 Å². The second kappa shape index (κ2) is 5.38. The molecular weight excluding hydrogens is 194 g/mol. The molecule has 1 atom stereocenters. The fourth-order valence-electron chi connectivity index (χ4n) is 1.35. The first-order valence-corrected chi connectivity index (χ1v) is 5.49. The Morgan fingerprint density at radius 1 is 1.36 bits per heavy atom. The minimum Gasteiger partial charge on any atom is -0.310 e. The van der Waals surface area contributed by atoms with E-state index in [4.69, 9.17) is 11.6 Å². The van der Waals surface area contributed by atoms with Crippen molar-refractivity contribution in [2.75, 3.05) is 0 Å². The summed E-state index contributed by atoms with van der Waals surface area (Å²) in [7, 11) is 0. The van der Waals surface area contributed by atoms with Gasteiger partial charge in [0.2, 0.25) is 0 Å². The Hall–Kier alpha value is -0.530. The van der Waals surface area contributed by atoms with Crippen LogP contribution in [0.4, 0.5) is 0 Å². The zero-order chi connectivity index (χ0) is 10.6. The largest absolute Gasteiger partial charge is 0.310 e. The van der Waals surface area contributed by atoms with Gasteiger partial charge in [0.15, 0.2) is 0 Å². The summed E-state index contributed by atoms with van der Waals surface area (Å²) in [6.45, 7) is 7.34. The number of rotatable bonds is 4. The first kappa shape index (κ1) is 11.5. The SMILES string of the molecule is CCC(C)NCc1cc(C)cc(Cl)c1. The van der Waals surface area contributed by atoms with Crippen LogP contribution in [0, 0.1) is 6.92 Å². The molecule has 78 valence electrons. The quantitative estimate of drug-likeness (QED) is 0.804. The van der Waals surface area contributed by atoms with Crippen LogP contribution < -0.4 is 5.32 Å². The highest BCUT2D eigenvalue weighted by atomic mass is 35.5. The first-order chi connectivity index (χ1) is 6.61. The van der Waals surface area contributed by atoms with Gasteiger partial charge < -0.3 is 5.32 Å². The average molecular weight is 212 g/mol. The van der Waals surface area contributed by atoms with Crippen molar-refractivity contribution in [2.24, 2.45) is 0 Å². The van der Waals surface area contributed by atoms with Crippen LogP contribution in [0.25, 0.3) is 0 Å². The van der Waals surface area contributed by atoms with Crippen molar-refractivity contribution in [3.63, 3.8) is 0 Å². The summed E-state index contributed by atoms with van der Waals surface area (Å²) in [6.07, 6.45) is 1.15. The average Bonchev–Trinajstić information content (AvgIpc) is 2.12. The number of nitrogens with one attached hydrogen (secondary N) is 1. The molecule has 2 heteroatoms. The molecule has 0 saturated heterocycles. The molecule has 0 fully saturated rings. The molecule has 1 N–H and O–H groups in total. The summed E-state index contributed by atoms with van der Waals surface area (Å²) in [5.74, 6) is 0. The zero-order valence-corrected chi connectivity index (χ0v) is 9.86. The van der Waals surface area contributed by atoms with Gasteiger partial charge in [0, 0.05) is 17.6 Å². The fourth-order valence-corrected chi connectivity index (χ4v) is 1.66. The van der Waals surface area contributed by atoms with Crippen molar-refractivity contribution >= 4 is 11.6 Å². The van der Waals surface area contributed by atoms with Gasteiger partial charge in [-0.05, 0) is 43.5 Å². The summed E-state index contributed by atoms with van der Waals surface area (Å²) in [4.78, 5) is 0. The standard InChI is InChI=1S/C12H18ClN/c1-4-10(3)14-8-11-5-9(2)6-12(13)7-11/h5-7,10,14H,4,8H2,1-3H3. The summed E-state index contributed by atoms with van der Waals surface area (Å²) in [5.41, 5.74) is 2.48. The van der Waals surface area contributed by atoms with E-state index in [0.29, 0.717) is 6.04 Å². The van der Waals surface area contributed by atoms with Gasteiger partial charge in [-0.2, -0.15) is 0 Å². The van der Waals surface area contributed by atoms with E-state index in [2.05, 4.69) is 32.2 Å². The van der Waals surface area contributed by atoms with Crippen molar-refractivity contribution in [1.82, 2.24) is 5.32 Å². The van der Waals surface area contributed by atoms with Gasteiger partial charge in [0.25, 0.3) is 0 Å². The minimum absolute atomic E-state index is 0.564. The van der Waals surface area contributed by atoms with E-state index in [1.165, 1.54) is 11.1 Å². The molecule has 1 rings (SSSR count). The highest BCUT2D eigenvalue weighted by Crippen LogP contribution is 2.14. The molecule has 0 spiro atoms. The molecular formula is C12H18ClN. The van der Waals surface area contributed by atoms with Crippen LogP contribution in [0.15, 0.2) is 18.2 Å². The highest BCUT2D eigenvalue weighted by Gasteiger charge is 1.99. The number of aryl methyl sites for hydroxylation is 1.